The van der Waals surface area contributed by atoms with Gasteiger partial charge in [-0.3, -0.25) is 0 Å². The minimum atomic E-state index is -0.186. The molecule has 1 saturated heterocycles. The van der Waals surface area contributed by atoms with Crippen molar-refractivity contribution in [1.29, 1.82) is 0 Å². The van der Waals surface area contributed by atoms with Crippen molar-refractivity contribution in [2.24, 2.45) is 0 Å². The van der Waals surface area contributed by atoms with Crippen molar-refractivity contribution in [2.75, 3.05) is 6.73 Å². The summed E-state index contributed by atoms with van der Waals surface area (Å²) in [6, 6.07) is 9.41. The summed E-state index contributed by atoms with van der Waals surface area (Å²) in [6.07, 6.45) is 1.81. The summed E-state index contributed by atoms with van der Waals surface area (Å²) >= 11 is 0. The van der Waals surface area contributed by atoms with E-state index in [1.807, 2.05) is 30.3 Å². The Balaban J connectivity index is 1.77. The number of ether oxygens (including phenoxy) is 1. The Morgan fingerprint density at radius 3 is 2.36 bits per heavy atom. The topological polar surface area (TPSA) is 62.4 Å². The zero-order chi connectivity index (χ0) is 16.2. The van der Waals surface area contributed by atoms with Gasteiger partial charge in [0.2, 0.25) is 0 Å². The Morgan fingerprint density at radius 1 is 1.18 bits per heavy atom. The molecule has 122 valence electrons. The Hall–Kier alpha value is -1.75. The van der Waals surface area contributed by atoms with E-state index in [9.17, 15) is 4.79 Å². The summed E-state index contributed by atoms with van der Waals surface area (Å²) in [5.74, 6) is 0.743. The van der Waals surface area contributed by atoms with E-state index in [0.29, 0.717) is 0 Å². The van der Waals surface area contributed by atoms with Crippen molar-refractivity contribution in [1.82, 2.24) is 16.0 Å². The largest absolute Gasteiger partial charge is 0.473 e. The van der Waals surface area contributed by atoms with E-state index in [0.717, 1.165) is 18.6 Å². The number of amides is 2. The van der Waals surface area contributed by atoms with Crippen molar-refractivity contribution in [3.05, 3.63) is 30.3 Å². The minimum Gasteiger partial charge on any atom is -0.473 e. The smallest absolute Gasteiger partial charge is 0.317 e. The van der Waals surface area contributed by atoms with Gasteiger partial charge in [0.1, 0.15) is 5.75 Å². The van der Waals surface area contributed by atoms with Crippen LogP contribution in [0.25, 0.3) is 0 Å². The molecule has 0 bridgehead atoms. The fraction of sp³-hybridized carbons (Fsp3) is 0.588. The van der Waals surface area contributed by atoms with Crippen molar-refractivity contribution in [2.45, 2.75) is 57.7 Å². The highest BCUT2D eigenvalue weighted by Gasteiger charge is 2.38. The number of piperidine rings is 1. The molecule has 0 aliphatic carbocycles. The second-order valence-electron chi connectivity index (χ2n) is 7.25. The molecule has 1 fully saturated rings. The predicted molar refractivity (Wildman–Crippen MR) is 87.9 cm³/mol. The third-order valence-corrected chi connectivity index (χ3v) is 3.74. The SMILES string of the molecule is CC1(C)CC(NC(=O)NCOc2ccccc2)CC(C)(C)N1. The monoisotopic (exact) mass is 305 g/mol. The third kappa shape index (κ3) is 5.22. The van der Waals surface area contributed by atoms with Crippen molar-refractivity contribution < 1.29 is 9.53 Å². The lowest BCUT2D eigenvalue weighted by Crippen LogP contribution is -2.62. The van der Waals surface area contributed by atoms with Gasteiger partial charge in [-0.25, -0.2) is 4.79 Å². The molecule has 1 heterocycles. The summed E-state index contributed by atoms with van der Waals surface area (Å²) in [4.78, 5) is 12.0. The molecule has 1 aliphatic heterocycles. The summed E-state index contributed by atoms with van der Waals surface area (Å²) in [6.45, 7) is 8.82. The lowest BCUT2D eigenvalue weighted by atomic mass is 9.80. The van der Waals surface area contributed by atoms with Crippen LogP contribution in [0.5, 0.6) is 5.75 Å². The maximum Gasteiger partial charge on any atom is 0.317 e. The lowest BCUT2D eigenvalue weighted by Gasteiger charge is -2.46. The first-order chi connectivity index (χ1) is 10.3. The van der Waals surface area contributed by atoms with E-state index in [-0.39, 0.29) is 29.9 Å². The average molecular weight is 305 g/mol. The van der Waals surface area contributed by atoms with E-state index >= 15 is 0 Å². The molecule has 5 nitrogen and oxygen atoms in total. The first-order valence-electron chi connectivity index (χ1n) is 7.77. The molecule has 1 aliphatic rings. The zero-order valence-electron chi connectivity index (χ0n) is 13.9. The van der Waals surface area contributed by atoms with Crippen LogP contribution in [-0.4, -0.2) is 29.9 Å². The van der Waals surface area contributed by atoms with Crippen LogP contribution in [0.15, 0.2) is 30.3 Å². The highest BCUT2D eigenvalue weighted by atomic mass is 16.5. The fourth-order valence-corrected chi connectivity index (χ4v) is 3.36. The zero-order valence-corrected chi connectivity index (χ0v) is 13.9. The van der Waals surface area contributed by atoms with Gasteiger partial charge >= 0.3 is 6.03 Å². The Morgan fingerprint density at radius 2 is 1.77 bits per heavy atom. The molecule has 0 aromatic heterocycles. The van der Waals surface area contributed by atoms with E-state index in [2.05, 4.69) is 43.6 Å². The number of carbonyl (C=O) groups is 1. The number of benzene rings is 1. The van der Waals surface area contributed by atoms with Crippen LogP contribution in [0.3, 0.4) is 0 Å². The molecule has 0 atom stereocenters. The molecule has 0 saturated carbocycles. The van der Waals surface area contributed by atoms with Gasteiger partial charge in [-0.2, -0.15) is 0 Å². The lowest BCUT2D eigenvalue weighted by molar-refractivity contribution is 0.146. The molecule has 3 N–H and O–H groups in total. The van der Waals surface area contributed by atoms with E-state index in [1.165, 1.54) is 0 Å². The van der Waals surface area contributed by atoms with Crippen LogP contribution >= 0.6 is 0 Å². The maximum atomic E-state index is 12.0. The Labute approximate surface area is 132 Å². The van der Waals surface area contributed by atoms with E-state index < -0.39 is 0 Å². The number of urea groups is 1. The minimum absolute atomic E-state index is 0.0141. The summed E-state index contributed by atoms with van der Waals surface area (Å²) < 4.78 is 5.46. The van der Waals surface area contributed by atoms with E-state index in [1.54, 1.807) is 0 Å². The van der Waals surface area contributed by atoms with Crippen LogP contribution in [-0.2, 0) is 0 Å². The van der Waals surface area contributed by atoms with Gasteiger partial charge in [0.25, 0.3) is 0 Å². The number of carbonyl (C=O) groups excluding carboxylic acids is 1. The van der Waals surface area contributed by atoms with Gasteiger partial charge < -0.3 is 20.7 Å². The quantitative estimate of drug-likeness (QED) is 0.749. The number of nitrogens with one attached hydrogen (secondary N) is 3. The van der Waals surface area contributed by atoms with Crippen LogP contribution in [0.4, 0.5) is 4.79 Å². The third-order valence-electron chi connectivity index (χ3n) is 3.74. The van der Waals surface area contributed by atoms with Gasteiger partial charge in [-0.05, 0) is 52.7 Å². The van der Waals surface area contributed by atoms with Crippen molar-refractivity contribution in [3.8, 4) is 5.75 Å². The van der Waals surface area contributed by atoms with Crippen LogP contribution in [0.2, 0.25) is 0 Å². The molecule has 0 spiro atoms. The molecule has 2 amide bonds. The predicted octanol–water partition coefficient (Wildman–Crippen LogP) is 2.63. The second-order valence-corrected chi connectivity index (χ2v) is 7.25. The van der Waals surface area contributed by atoms with Gasteiger partial charge in [0, 0.05) is 17.1 Å². The summed E-state index contributed by atoms with van der Waals surface area (Å²) in [5.41, 5.74) is 0.0282. The Kier molecular flexibility index (Phi) is 4.96. The molecular weight excluding hydrogens is 278 g/mol. The van der Waals surface area contributed by atoms with Crippen molar-refractivity contribution in [3.63, 3.8) is 0 Å². The van der Waals surface area contributed by atoms with Crippen LogP contribution in [0.1, 0.15) is 40.5 Å². The van der Waals surface area contributed by atoms with Gasteiger partial charge in [0.15, 0.2) is 6.73 Å². The number of hydrogen-bond acceptors (Lipinski definition) is 3. The highest BCUT2D eigenvalue weighted by Crippen LogP contribution is 2.28. The van der Waals surface area contributed by atoms with Gasteiger partial charge in [-0.1, -0.05) is 18.2 Å². The number of rotatable bonds is 4. The highest BCUT2D eigenvalue weighted by molar-refractivity contribution is 5.74. The molecule has 5 heteroatoms. The number of para-hydroxylation sites is 1. The first-order valence-corrected chi connectivity index (χ1v) is 7.77. The van der Waals surface area contributed by atoms with E-state index in [4.69, 9.17) is 4.74 Å². The van der Waals surface area contributed by atoms with Crippen LogP contribution < -0.4 is 20.7 Å². The standard InChI is InChI=1S/C17H27N3O2/c1-16(2)10-13(11-17(3,4)20-16)19-15(21)18-12-22-14-8-6-5-7-9-14/h5-9,13,20H,10-12H2,1-4H3,(H2,18,19,21). The van der Waals surface area contributed by atoms with Gasteiger partial charge in [0.05, 0.1) is 0 Å². The summed E-state index contributed by atoms with van der Waals surface area (Å²) in [5, 5.41) is 9.39. The van der Waals surface area contributed by atoms with Gasteiger partial charge in [-0.15, -0.1) is 0 Å². The molecule has 1 aromatic carbocycles. The maximum absolute atomic E-state index is 12.0. The average Bonchev–Trinajstić information content (AvgIpc) is 2.36. The first kappa shape index (κ1) is 16.6. The second kappa shape index (κ2) is 6.57. The fourth-order valence-electron chi connectivity index (χ4n) is 3.36. The molecule has 22 heavy (non-hydrogen) atoms. The number of hydrogen-bond donors (Lipinski definition) is 3. The summed E-state index contributed by atoms with van der Waals surface area (Å²) in [7, 11) is 0. The normalized spacial score (nSPS) is 20.2. The Bertz CT molecular complexity index is 484. The molecule has 0 unspecified atom stereocenters. The molecule has 2 rings (SSSR count). The molecule has 0 radical (unpaired) electrons. The molecular formula is C17H27N3O2. The molecule has 1 aromatic rings. The van der Waals surface area contributed by atoms with Crippen molar-refractivity contribution >= 4 is 6.03 Å². The van der Waals surface area contributed by atoms with Crippen LogP contribution in [0, 0.1) is 0 Å².